The number of aryl methyl sites for hydroxylation is 1. The SMILES string of the molecule is CC(C)(O)CCc1cccc(C(=O)NC2CCCN(C(=O)C3CC3)C2)c1. The van der Waals surface area contributed by atoms with Crippen molar-refractivity contribution in [1.29, 1.82) is 0 Å². The number of amides is 2. The molecular formula is C21H30N2O3. The van der Waals surface area contributed by atoms with Crippen LogP contribution in [0, 0.1) is 5.92 Å². The molecule has 1 saturated heterocycles. The fourth-order valence-corrected chi connectivity index (χ4v) is 3.47. The van der Waals surface area contributed by atoms with E-state index in [4.69, 9.17) is 0 Å². The molecule has 1 saturated carbocycles. The minimum Gasteiger partial charge on any atom is -0.390 e. The highest BCUT2D eigenvalue weighted by Crippen LogP contribution is 2.31. The Morgan fingerprint density at radius 1 is 1.27 bits per heavy atom. The zero-order valence-corrected chi connectivity index (χ0v) is 15.8. The van der Waals surface area contributed by atoms with Gasteiger partial charge in [0.15, 0.2) is 0 Å². The van der Waals surface area contributed by atoms with Crippen molar-refractivity contribution >= 4 is 11.8 Å². The average molecular weight is 358 g/mol. The number of hydrogen-bond donors (Lipinski definition) is 2. The highest BCUT2D eigenvalue weighted by Gasteiger charge is 2.35. The number of carbonyl (C=O) groups is 2. The van der Waals surface area contributed by atoms with Crippen LogP contribution in [-0.2, 0) is 11.2 Å². The first kappa shape index (κ1) is 18.9. The van der Waals surface area contributed by atoms with E-state index in [9.17, 15) is 14.7 Å². The Hall–Kier alpha value is -1.88. The molecule has 0 radical (unpaired) electrons. The van der Waals surface area contributed by atoms with E-state index in [1.165, 1.54) is 0 Å². The molecule has 5 heteroatoms. The highest BCUT2D eigenvalue weighted by molar-refractivity contribution is 5.94. The smallest absolute Gasteiger partial charge is 0.251 e. The topological polar surface area (TPSA) is 69.6 Å². The summed E-state index contributed by atoms with van der Waals surface area (Å²) in [5, 5.41) is 13.0. The maximum atomic E-state index is 12.6. The maximum absolute atomic E-state index is 12.6. The third kappa shape index (κ3) is 5.31. The molecule has 2 aliphatic rings. The van der Waals surface area contributed by atoms with Gasteiger partial charge in [0.2, 0.25) is 5.91 Å². The summed E-state index contributed by atoms with van der Waals surface area (Å²) in [5.74, 6) is 0.412. The van der Waals surface area contributed by atoms with E-state index in [1.807, 2.05) is 29.2 Å². The van der Waals surface area contributed by atoms with Crippen molar-refractivity contribution in [2.24, 2.45) is 5.92 Å². The second kappa shape index (κ2) is 7.78. The van der Waals surface area contributed by atoms with Crippen LogP contribution in [0.4, 0.5) is 0 Å². The van der Waals surface area contributed by atoms with Gasteiger partial charge in [0.05, 0.1) is 5.60 Å². The molecule has 1 atom stereocenters. The van der Waals surface area contributed by atoms with Crippen molar-refractivity contribution in [3.05, 3.63) is 35.4 Å². The summed E-state index contributed by atoms with van der Waals surface area (Å²) in [7, 11) is 0. The number of piperidine rings is 1. The highest BCUT2D eigenvalue weighted by atomic mass is 16.3. The summed E-state index contributed by atoms with van der Waals surface area (Å²) in [6.07, 6.45) is 5.28. The first-order chi connectivity index (χ1) is 12.3. The van der Waals surface area contributed by atoms with Crippen LogP contribution in [0.15, 0.2) is 24.3 Å². The summed E-state index contributed by atoms with van der Waals surface area (Å²) in [6.45, 7) is 5.02. The molecule has 1 aromatic rings. The molecule has 1 aromatic carbocycles. The lowest BCUT2D eigenvalue weighted by molar-refractivity contribution is -0.133. The third-order valence-corrected chi connectivity index (χ3v) is 5.21. The van der Waals surface area contributed by atoms with Crippen molar-refractivity contribution < 1.29 is 14.7 Å². The van der Waals surface area contributed by atoms with Crippen LogP contribution in [0.5, 0.6) is 0 Å². The lowest BCUT2D eigenvalue weighted by Crippen LogP contribution is -2.50. The minimum atomic E-state index is -0.710. The molecule has 0 aromatic heterocycles. The molecule has 1 aliphatic heterocycles. The molecule has 0 bridgehead atoms. The van der Waals surface area contributed by atoms with Gasteiger partial charge in [-0.05, 0) is 70.1 Å². The van der Waals surface area contributed by atoms with Crippen molar-refractivity contribution in [2.45, 2.75) is 64.0 Å². The van der Waals surface area contributed by atoms with Crippen molar-refractivity contribution in [2.75, 3.05) is 13.1 Å². The van der Waals surface area contributed by atoms with E-state index < -0.39 is 5.60 Å². The lowest BCUT2D eigenvalue weighted by atomic mass is 9.97. The van der Waals surface area contributed by atoms with Gasteiger partial charge in [-0.3, -0.25) is 9.59 Å². The van der Waals surface area contributed by atoms with Gasteiger partial charge in [-0.2, -0.15) is 0 Å². The number of rotatable bonds is 6. The van der Waals surface area contributed by atoms with Gasteiger partial charge in [0, 0.05) is 30.6 Å². The number of likely N-dealkylation sites (tertiary alicyclic amines) is 1. The lowest BCUT2D eigenvalue weighted by Gasteiger charge is -2.33. The summed E-state index contributed by atoms with van der Waals surface area (Å²) in [4.78, 5) is 26.8. The van der Waals surface area contributed by atoms with E-state index in [0.717, 1.165) is 44.2 Å². The number of aliphatic hydroxyl groups is 1. The molecule has 2 fully saturated rings. The number of nitrogens with one attached hydrogen (secondary N) is 1. The predicted molar refractivity (Wildman–Crippen MR) is 101 cm³/mol. The average Bonchev–Trinajstić information content (AvgIpc) is 3.44. The van der Waals surface area contributed by atoms with E-state index >= 15 is 0 Å². The largest absolute Gasteiger partial charge is 0.390 e. The van der Waals surface area contributed by atoms with Crippen LogP contribution in [0.2, 0.25) is 0 Å². The second-order valence-corrected chi connectivity index (χ2v) is 8.38. The Kier molecular flexibility index (Phi) is 5.66. The maximum Gasteiger partial charge on any atom is 0.251 e. The van der Waals surface area contributed by atoms with Crippen LogP contribution >= 0.6 is 0 Å². The monoisotopic (exact) mass is 358 g/mol. The summed E-state index contributed by atoms with van der Waals surface area (Å²) in [6, 6.07) is 7.62. The molecule has 2 N–H and O–H groups in total. The number of benzene rings is 1. The molecule has 3 rings (SSSR count). The number of carbonyl (C=O) groups excluding carboxylic acids is 2. The molecular weight excluding hydrogens is 328 g/mol. The Morgan fingerprint density at radius 3 is 2.73 bits per heavy atom. The summed E-state index contributed by atoms with van der Waals surface area (Å²) in [5.41, 5.74) is 0.982. The van der Waals surface area contributed by atoms with E-state index in [2.05, 4.69) is 5.32 Å². The zero-order chi connectivity index (χ0) is 18.7. The van der Waals surface area contributed by atoms with Crippen LogP contribution in [-0.4, -0.2) is 46.6 Å². The van der Waals surface area contributed by atoms with Gasteiger partial charge in [-0.1, -0.05) is 12.1 Å². The van der Waals surface area contributed by atoms with Crippen LogP contribution < -0.4 is 5.32 Å². The molecule has 1 aliphatic carbocycles. The second-order valence-electron chi connectivity index (χ2n) is 8.38. The summed E-state index contributed by atoms with van der Waals surface area (Å²) >= 11 is 0. The van der Waals surface area contributed by atoms with Gasteiger partial charge >= 0.3 is 0 Å². The molecule has 2 amide bonds. The Balaban J connectivity index is 1.56. The third-order valence-electron chi connectivity index (χ3n) is 5.21. The summed E-state index contributed by atoms with van der Waals surface area (Å²) < 4.78 is 0. The molecule has 1 unspecified atom stereocenters. The molecule has 0 spiro atoms. The van der Waals surface area contributed by atoms with E-state index in [0.29, 0.717) is 18.5 Å². The normalized spacial score (nSPS) is 20.7. The van der Waals surface area contributed by atoms with Gasteiger partial charge in [0.1, 0.15) is 0 Å². The molecule has 5 nitrogen and oxygen atoms in total. The Morgan fingerprint density at radius 2 is 2.04 bits per heavy atom. The number of hydrogen-bond acceptors (Lipinski definition) is 3. The zero-order valence-electron chi connectivity index (χ0n) is 15.8. The van der Waals surface area contributed by atoms with Crippen LogP contribution in [0.25, 0.3) is 0 Å². The quantitative estimate of drug-likeness (QED) is 0.821. The van der Waals surface area contributed by atoms with Crippen molar-refractivity contribution in [3.8, 4) is 0 Å². The predicted octanol–water partition coefficient (Wildman–Crippen LogP) is 2.52. The van der Waals surface area contributed by atoms with E-state index in [-0.39, 0.29) is 23.8 Å². The molecule has 26 heavy (non-hydrogen) atoms. The first-order valence-corrected chi connectivity index (χ1v) is 9.73. The van der Waals surface area contributed by atoms with Crippen LogP contribution in [0.1, 0.15) is 61.9 Å². The standard InChI is InChI=1S/C21H30N2O3/c1-21(2,26)11-10-15-5-3-6-17(13-15)19(24)22-18-7-4-12-23(14-18)20(25)16-8-9-16/h3,5-6,13,16,18,26H,4,7-12,14H2,1-2H3,(H,22,24). The van der Waals surface area contributed by atoms with Gasteiger partial charge in [-0.15, -0.1) is 0 Å². The van der Waals surface area contributed by atoms with Crippen LogP contribution in [0.3, 0.4) is 0 Å². The minimum absolute atomic E-state index is 0.0268. The Labute approximate surface area is 155 Å². The first-order valence-electron chi connectivity index (χ1n) is 9.73. The van der Waals surface area contributed by atoms with Gasteiger partial charge in [-0.25, -0.2) is 0 Å². The van der Waals surface area contributed by atoms with Crippen molar-refractivity contribution in [3.63, 3.8) is 0 Å². The molecule has 1 heterocycles. The van der Waals surface area contributed by atoms with Crippen molar-refractivity contribution in [1.82, 2.24) is 10.2 Å². The van der Waals surface area contributed by atoms with Gasteiger partial charge in [0.25, 0.3) is 5.91 Å². The van der Waals surface area contributed by atoms with Gasteiger partial charge < -0.3 is 15.3 Å². The fraction of sp³-hybridized carbons (Fsp3) is 0.619. The fourth-order valence-electron chi connectivity index (χ4n) is 3.47. The van der Waals surface area contributed by atoms with E-state index in [1.54, 1.807) is 13.8 Å². The number of nitrogens with zero attached hydrogens (tertiary/aromatic N) is 1. The molecule has 142 valence electrons. The Bertz CT molecular complexity index is 661.